The number of allylic oxidation sites excluding steroid dienone is 2. The summed E-state index contributed by atoms with van der Waals surface area (Å²) in [5.41, 5.74) is 6.65. The van der Waals surface area contributed by atoms with Crippen LogP contribution < -0.4 is 4.74 Å². The van der Waals surface area contributed by atoms with Crippen molar-refractivity contribution >= 4 is 5.97 Å². The van der Waals surface area contributed by atoms with Gasteiger partial charge in [0.2, 0.25) is 0 Å². The molecule has 1 aliphatic carbocycles. The molecule has 1 atom stereocenters. The van der Waals surface area contributed by atoms with Crippen molar-refractivity contribution in [3.8, 4) is 5.75 Å². The SMILES string of the molecule is CC1(C)CCC(C)(C)c2cc(COc3ccc([C@H](/C=C/Cc4ccccc4)CC(=O)O)cc3)ccc21. The first-order valence-corrected chi connectivity index (χ1v) is 12.9. The molecule has 1 aliphatic rings. The Labute approximate surface area is 215 Å². The van der Waals surface area contributed by atoms with Crippen LogP contribution in [-0.4, -0.2) is 11.1 Å². The lowest BCUT2D eigenvalue weighted by Crippen LogP contribution is -2.33. The Kier molecular flexibility index (Phi) is 7.68. The predicted molar refractivity (Wildman–Crippen MR) is 147 cm³/mol. The van der Waals surface area contributed by atoms with E-state index >= 15 is 0 Å². The van der Waals surface area contributed by atoms with E-state index in [0.29, 0.717) is 6.61 Å². The molecule has 0 saturated carbocycles. The van der Waals surface area contributed by atoms with Gasteiger partial charge in [0.1, 0.15) is 12.4 Å². The summed E-state index contributed by atoms with van der Waals surface area (Å²) in [5.74, 6) is -0.187. The number of rotatable bonds is 9. The lowest BCUT2D eigenvalue weighted by atomic mass is 9.63. The minimum absolute atomic E-state index is 0.0623. The Bertz CT molecular complexity index is 1200. The van der Waals surface area contributed by atoms with Gasteiger partial charge >= 0.3 is 5.97 Å². The third kappa shape index (κ3) is 6.26. The molecule has 188 valence electrons. The number of fused-ring (bicyclic) bond motifs is 1. The highest BCUT2D eigenvalue weighted by molar-refractivity contribution is 5.68. The fourth-order valence-corrected chi connectivity index (χ4v) is 5.17. The molecule has 4 rings (SSSR count). The predicted octanol–water partition coefficient (Wildman–Crippen LogP) is 7.97. The number of aliphatic carboxylic acids is 1. The molecule has 0 unspecified atom stereocenters. The number of carboxylic acids is 1. The first-order valence-electron chi connectivity index (χ1n) is 12.9. The van der Waals surface area contributed by atoms with Crippen LogP contribution in [0.5, 0.6) is 5.75 Å². The Hall–Kier alpha value is -3.33. The molecule has 3 aromatic rings. The molecular weight excluding hydrogens is 444 g/mol. The van der Waals surface area contributed by atoms with Crippen molar-refractivity contribution in [1.82, 2.24) is 0 Å². The van der Waals surface area contributed by atoms with Gasteiger partial charge in [-0.25, -0.2) is 0 Å². The van der Waals surface area contributed by atoms with Gasteiger partial charge in [0.25, 0.3) is 0 Å². The minimum Gasteiger partial charge on any atom is -0.489 e. The van der Waals surface area contributed by atoms with Crippen LogP contribution in [-0.2, 0) is 28.7 Å². The maximum absolute atomic E-state index is 11.5. The highest BCUT2D eigenvalue weighted by atomic mass is 16.5. The van der Waals surface area contributed by atoms with Crippen LogP contribution in [0.4, 0.5) is 0 Å². The minimum atomic E-state index is -0.803. The van der Waals surface area contributed by atoms with Crippen molar-refractivity contribution < 1.29 is 14.6 Å². The maximum atomic E-state index is 11.5. The van der Waals surface area contributed by atoms with Crippen molar-refractivity contribution in [1.29, 1.82) is 0 Å². The normalized spacial score (nSPS) is 16.9. The zero-order valence-corrected chi connectivity index (χ0v) is 22.0. The van der Waals surface area contributed by atoms with E-state index in [9.17, 15) is 9.90 Å². The van der Waals surface area contributed by atoms with Crippen LogP contribution in [0.25, 0.3) is 0 Å². The number of carboxylic acid groups (broad SMARTS) is 1. The lowest BCUT2D eigenvalue weighted by Gasteiger charge is -2.42. The van der Waals surface area contributed by atoms with E-state index in [2.05, 4.69) is 64.1 Å². The lowest BCUT2D eigenvalue weighted by molar-refractivity contribution is -0.137. The smallest absolute Gasteiger partial charge is 0.304 e. The largest absolute Gasteiger partial charge is 0.489 e. The molecule has 3 nitrogen and oxygen atoms in total. The molecule has 3 aromatic carbocycles. The van der Waals surface area contributed by atoms with Gasteiger partial charge in [0, 0.05) is 5.92 Å². The van der Waals surface area contributed by atoms with E-state index in [4.69, 9.17) is 4.74 Å². The van der Waals surface area contributed by atoms with Crippen molar-refractivity contribution in [2.45, 2.75) is 76.7 Å². The van der Waals surface area contributed by atoms with Crippen LogP contribution >= 0.6 is 0 Å². The highest BCUT2D eigenvalue weighted by Gasteiger charge is 2.36. The summed E-state index contributed by atoms with van der Waals surface area (Å²) >= 11 is 0. The standard InChI is InChI=1S/C33H38O3/c1-32(2)19-20-33(3,4)30-21-25(13-18-29(30)32)23-36-28-16-14-26(15-17-28)27(22-31(34)35)12-8-11-24-9-6-5-7-10-24/h5-10,12-18,21,27H,11,19-20,22-23H2,1-4H3,(H,34,35)/b12-8+/t27-/m1/s1. The molecule has 0 spiro atoms. The monoisotopic (exact) mass is 482 g/mol. The molecule has 0 saturated heterocycles. The maximum Gasteiger partial charge on any atom is 0.304 e. The molecule has 0 bridgehead atoms. The molecule has 0 fully saturated rings. The number of ether oxygens (including phenoxy) is 1. The fraction of sp³-hybridized carbons (Fsp3) is 0.364. The molecular formula is C33H38O3. The molecule has 0 radical (unpaired) electrons. The molecule has 0 heterocycles. The second-order valence-corrected chi connectivity index (χ2v) is 11.3. The van der Waals surface area contributed by atoms with Crippen molar-refractivity contribution in [2.24, 2.45) is 0 Å². The average Bonchev–Trinajstić information content (AvgIpc) is 2.86. The van der Waals surface area contributed by atoms with E-state index in [1.165, 1.54) is 35.1 Å². The summed E-state index contributed by atoms with van der Waals surface area (Å²) in [6.07, 6.45) is 7.31. The van der Waals surface area contributed by atoms with Crippen molar-refractivity contribution in [2.75, 3.05) is 0 Å². The fourth-order valence-electron chi connectivity index (χ4n) is 5.17. The summed E-state index contributed by atoms with van der Waals surface area (Å²) in [7, 11) is 0. The average molecular weight is 483 g/mol. The summed E-state index contributed by atoms with van der Waals surface area (Å²) in [6, 6.07) is 24.8. The van der Waals surface area contributed by atoms with Crippen LogP contribution in [0, 0.1) is 0 Å². The van der Waals surface area contributed by atoms with Gasteiger partial charge in [0.15, 0.2) is 0 Å². The van der Waals surface area contributed by atoms with Gasteiger partial charge in [-0.1, -0.05) is 101 Å². The van der Waals surface area contributed by atoms with E-state index in [1.54, 1.807) is 0 Å². The van der Waals surface area contributed by atoms with Crippen molar-refractivity contribution in [3.05, 3.63) is 113 Å². The summed E-state index contributed by atoms with van der Waals surface area (Å²) < 4.78 is 6.12. The third-order valence-corrected chi connectivity index (χ3v) is 7.59. The number of carbonyl (C=O) groups is 1. The molecule has 36 heavy (non-hydrogen) atoms. The van der Waals surface area contributed by atoms with Gasteiger partial charge in [-0.3, -0.25) is 4.79 Å². The van der Waals surface area contributed by atoms with E-state index < -0.39 is 5.97 Å². The highest BCUT2D eigenvalue weighted by Crippen LogP contribution is 2.46. The van der Waals surface area contributed by atoms with Crippen LogP contribution in [0.15, 0.2) is 84.9 Å². The van der Waals surface area contributed by atoms with Crippen LogP contribution in [0.3, 0.4) is 0 Å². The van der Waals surface area contributed by atoms with Gasteiger partial charge in [0.05, 0.1) is 6.42 Å². The second kappa shape index (κ2) is 10.7. The Morgan fingerprint density at radius 2 is 1.56 bits per heavy atom. The first kappa shape index (κ1) is 25.8. The van der Waals surface area contributed by atoms with E-state index in [-0.39, 0.29) is 23.2 Å². The molecule has 0 aliphatic heterocycles. The number of benzene rings is 3. The zero-order valence-electron chi connectivity index (χ0n) is 22.0. The molecule has 0 amide bonds. The van der Waals surface area contributed by atoms with E-state index in [1.807, 2.05) is 48.5 Å². The Balaban J connectivity index is 1.43. The number of hydrogen-bond acceptors (Lipinski definition) is 2. The first-order chi connectivity index (χ1) is 17.1. The third-order valence-electron chi connectivity index (χ3n) is 7.59. The van der Waals surface area contributed by atoms with E-state index in [0.717, 1.165) is 17.7 Å². The van der Waals surface area contributed by atoms with Crippen molar-refractivity contribution in [3.63, 3.8) is 0 Å². The molecule has 1 N–H and O–H groups in total. The Morgan fingerprint density at radius 1 is 0.889 bits per heavy atom. The van der Waals surface area contributed by atoms with Gasteiger partial charge in [-0.05, 0) is 70.0 Å². The summed E-state index contributed by atoms with van der Waals surface area (Å²) in [4.78, 5) is 11.5. The summed E-state index contributed by atoms with van der Waals surface area (Å²) in [6.45, 7) is 9.87. The topological polar surface area (TPSA) is 46.5 Å². The van der Waals surface area contributed by atoms with Crippen LogP contribution in [0.2, 0.25) is 0 Å². The molecule has 3 heteroatoms. The van der Waals surface area contributed by atoms with Gasteiger partial charge in [-0.2, -0.15) is 0 Å². The summed E-state index contributed by atoms with van der Waals surface area (Å²) in [5, 5.41) is 9.42. The quantitative estimate of drug-likeness (QED) is 0.315. The second-order valence-electron chi connectivity index (χ2n) is 11.3. The van der Waals surface area contributed by atoms with Gasteiger partial charge < -0.3 is 9.84 Å². The molecule has 0 aromatic heterocycles. The number of hydrogen-bond donors (Lipinski definition) is 1. The van der Waals surface area contributed by atoms with Gasteiger partial charge in [-0.15, -0.1) is 0 Å². The van der Waals surface area contributed by atoms with Crippen LogP contribution in [0.1, 0.15) is 80.7 Å². The zero-order chi connectivity index (χ0) is 25.8. The Morgan fingerprint density at radius 3 is 2.22 bits per heavy atom.